The van der Waals surface area contributed by atoms with Crippen molar-refractivity contribution in [2.45, 2.75) is 10.4 Å². The van der Waals surface area contributed by atoms with E-state index in [1.54, 1.807) is 24.3 Å². The maximum absolute atomic E-state index is 12.9. The molecule has 2 atom stereocenters. The van der Waals surface area contributed by atoms with Crippen molar-refractivity contribution in [3.63, 3.8) is 0 Å². The van der Waals surface area contributed by atoms with Gasteiger partial charge in [0.15, 0.2) is 5.50 Å². The predicted molar refractivity (Wildman–Crippen MR) is 53.4 cm³/mol. The third-order valence-corrected chi connectivity index (χ3v) is 3.10. The molecule has 0 spiro atoms. The molecule has 0 saturated heterocycles. The lowest BCUT2D eigenvalue weighted by Gasteiger charge is -2.06. The van der Waals surface area contributed by atoms with Gasteiger partial charge in [0.05, 0.1) is 17.9 Å². The second-order valence-corrected chi connectivity index (χ2v) is 4.20. The third-order valence-electron chi connectivity index (χ3n) is 1.71. The van der Waals surface area contributed by atoms with E-state index in [-0.39, 0.29) is 6.54 Å². The van der Waals surface area contributed by atoms with Crippen LogP contribution in [0.4, 0.5) is 4.39 Å². The predicted octanol–water partition coefficient (Wildman–Crippen LogP) is 1.06. The summed E-state index contributed by atoms with van der Waals surface area (Å²) in [6.45, 7) is -0.237. The van der Waals surface area contributed by atoms with Gasteiger partial charge >= 0.3 is 0 Å². The zero-order chi connectivity index (χ0) is 10.6. The number of hydrogen-bond acceptors (Lipinski definition) is 3. The first-order valence-corrected chi connectivity index (χ1v) is 5.29. The highest BCUT2D eigenvalue weighted by molar-refractivity contribution is 7.85. The van der Waals surface area contributed by atoms with Crippen LogP contribution in [0, 0.1) is 0 Å². The van der Waals surface area contributed by atoms with Crippen LogP contribution in [0.2, 0.25) is 0 Å². The van der Waals surface area contributed by atoms with Crippen LogP contribution < -0.4 is 10.5 Å². The van der Waals surface area contributed by atoms with Gasteiger partial charge in [0.25, 0.3) is 0 Å². The highest BCUT2D eigenvalue weighted by atomic mass is 32.2. The Labute approximate surface area is 84.5 Å². The Bertz CT molecular complexity index is 315. The van der Waals surface area contributed by atoms with Crippen LogP contribution in [-0.2, 0) is 10.8 Å². The zero-order valence-corrected chi connectivity index (χ0v) is 8.59. The molecule has 0 aliphatic rings. The standard InChI is InChI=1S/C9H12FNO2S/c1-13-7-2-4-8(5-3-7)14(12)9(10)6-11/h2-5,9H,6,11H2,1H3. The van der Waals surface area contributed by atoms with Gasteiger partial charge < -0.3 is 10.5 Å². The fourth-order valence-corrected chi connectivity index (χ4v) is 1.82. The number of methoxy groups -OCH3 is 1. The van der Waals surface area contributed by atoms with Crippen molar-refractivity contribution in [2.75, 3.05) is 13.7 Å². The summed E-state index contributed by atoms with van der Waals surface area (Å²) in [7, 11) is -0.154. The number of ether oxygens (including phenoxy) is 1. The Hall–Kier alpha value is -0.940. The minimum absolute atomic E-state index is 0.237. The van der Waals surface area contributed by atoms with E-state index in [0.29, 0.717) is 10.6 Å². The minimum Gasteiger partial charge on any atom is -0.497 e. The molecule has 0 heterocycles. The largest absolute Gasteiger partial charge is 0.497 e. The summed E-state index contributed by atoms with van der Waals surface area (Å²) in [4.78, 5) is 0.420. The number of hydrogen-bond donors (Lipinski definition) is 1. The highest BCUT2D eigenvalue weighted by Gasteiger charge is 2.14. The fraction of sp³-hybridized carbons (Fsp3) is 0.333. The van der Waals surface area contributed by atoms with Crippen LogP contribution in [0.25, 0.3) is 0 Å². The SMILES string of the molecule is COc1ccc(S(=O)C(F)CN)cc1. The Morgan fingerprint density at radius 2 is 2.07 bits per heavy atom. The number of halogens is 1. The molecule has 0 fully saturated rings. The van der Waals surface area contributed by atoms with Gasteiger partial charge in [0.1, 0.15) is 5.75 Å². The average molecular weight is 217 g/mol. The summed E-state index contributed by atoms with van der Waals surface area (Å²) >= 11 is 0. The summed E-state index contributed by atoms with van der Waals surface area (Å²) in [6, 6.07) is 6.40. The Kier molecular flexibility index (Phi) is 4.03. The lowest BCUT2D eigenvalue weighted by Crippen LogP contribution is -2.20. The molecule has 78 valence electrons. The van der Waals surface area contributed by atoms with Crippen molar-refractivity contribution < 1.29 is 13.3 Å². The quantitative estimate of drug-likeness (QED) is 0.820. The minimum atomic E-state index is -1.69. The van der Waals surface area contributed by atoms with Crippen molar-refractivity contribution in [3.8, 4) is 5.75 Å². The molecule has 5 heteroatoms. The lowest BCUT2D eigenvalue weighted by molar-refractivity contribution is 0.414. The van der Waals surface area contributed by atoms with E-state index < -0.39 is 16.3 Å². The summed E-state index contributed by atoms with van der Waals surface area (Å²) in [6.07, 6.45) is 0. The van der Waals surface area contributed by atoms with Gasteiger partial charge in [0, 0.05) is 11.4 Å². The molecular formula is C9H12FNO2S. The molecular weight excluding hydrogens is 205 g/mol. The van der Waals surface area contributed by atoms with Crippen LogP contribution in [0.1, 0.15) is 0 Å². The lowest BCUT2D eigenvalue weighted by atomic mass is 10.3. The molecule has 2 unspecified atom stereocenters. The van der Waals surface area contributed by atoms with Gasteiger partial charge in [-0.25, -0.2) is 4.39 Å². The first-order chi connectivity index (χ1) is 6.69. The van der Waals surface area contributed by atoms with Gasteiger partial charge in [-0.05, 0) is 24.3 Å². The normalized spacial score (nSPS) is 14.8. The molecule has 0 bridgehead atoms. The smallest absolute Gasteiger partial charge is 0.191 e. The van der Waals surface area contributed by atoms with Crippen molar-refractivity contribution in [1.29, 1.82) is 0 Å². The molecule has 0 amide bonds. The summed E-state index contributed by atoms with van der Waals surface area (Å²) < 4.78 is 29.2. The van der Waals surface area contributed by atoms with E-state index >= 15 is 0 Å². The Morgan fingerprint density at radius 3 is 2.50 bits per heavy atom. The van der Waals surface area contributed by atoms with E-state index in [1.807, 2.05) is 0 Å². The molecule has 0 aliphatic heterocycles. The van der Waals surface area contributed by atoms with Gasteiger partial charge in [-0.3, -0.25) is 4.21 Å². The summed E-state index contributed by atoms with van der Waals surface area (Å²) in [5, 5.41) is 0. The molecule has 0 saturated carbocycles. The van der Waals surface area contributed by atoms with Crippen molar-refractivity contribution in [1.82, 2.24) is 0 Å². The molecule has 0 aliphatic carbocycles. The summed E-state index contributed by atoms with van der Waals surface area (Å²) in [5.41, 5.74) is 3.56. The van der Waals surface area contributed by atoms with Crippen LogP contribution in [0.15, 0.2) is 29.2 Å². The van der Waals surface area contributed by atoms with E-state index in [1.165, 1.54) is 7.11 Å². The average Bonchev–Trinajstić information content (AvgIpc) is 2.27. The maximum Gasteiger partial charge on any atom is 0.191 e. The van der Waals surface area contributed by atoms with Crippen molar-refractivity contribution in [2.24, 2.45) is 5.73 Å². The van der Waals surface area contributed by atoms with E-state index in [4.69, 9.17) is 10.5 Å². The molecule has 0 aromatic heterocycles. The molecule has 2 N–H and O–H groups in total. The maximum atomic E-state index is 12.9. The molecule has 1 aromatic rings. The van der Waals surface area contributed by atoms with Gasteiger partial charge in [-0.15, -0.1) is 0 Å². The number of nitrogens with two attached hydrogens (primary N) is 1. The second-order valence-electron chi connectivity index (χ2n) is 2.62. The number of rotatable bonds is 4. The topological polar surface area (TPSA) is 52.3 Å². The second kappa shape index (κ2) is 5.07. The van der Waals surface area contributed by atoms with Crippen molar-refractivity contribution in [3.05, 3.63) is 24.3 Å². The van der Waals surface area contributed by atoms with Gasteiger partial charge in [0.2, 0.25) is 0 Å². The summed E-state index contributed by atoms with van der Waals surface area (Å²) in [5.74, 6) is 0.647. The zero-order valence-electron chi connectivity index (χ0n) is 7.77. The van der Waals surface area contributed by atoms with Gasteiger partial charge in [-0.1, -0.05) is 0 Å². The Morgan fingerprint density at radius 1 is 1.50 bits per heavy atom. The van der Waals surface area contributed by atoms with E-state index in [2.05, 4.69) is 0 Å². The van der Waals surface area contributed by atoms with E-state index in [0.717, 1.165) is 0 Å². The highest BCUT2D eigenvalue weighted by Crippen LogP contribution is 2.16. The van der Waals surface area contributed by atoms with Crippen LogP contribution in [0.3, 0.4) is 0 Å². The van der Waals surface area contributed by atoms with Crippen LogP contribution >= 0.6 is 0 Å². The molecule has 1 aromatic carbocycles. The monoisotopic (exact) mass is 217 g/mol. The van der Waals surface area contributed by atoms with Gasteiger partial charge in [-0.2, -0.15) is 0 Å². The number of benzene rings is 1. The molecule has 3 nitrogen and oxygen atoms in total. The third kappa shape index (κ3) is 2.52. The first-order valence-electron chi connectivity index (χ1n) is 4.07. The van der Waals surface area contributed by atoms with Crippen LogP contribution in [0.5, 0.6) is 5.75 Å². The fourth-order valence-electron chi connectivity index (χ4n) is 0.945. The van der Waals surface area contributed by atoms with E-state index in [9.17, 15) is 8.60 Å². The van der Waals surface area contributed by atoms with Crippen molar-refractivity contribution >= 4 is 10.8 Å². The molecule has 0 radical (unpaired) electrons. The molecule has 14 heavy (non-hydrogen) atoms. The number of alkyl halides is 1. The first kappa shape index (κ1) is 11.1. The molecule has 1 rings (SSSR count). The Balaban J connectivity index is 2.81. The van der Waals surface area contributed by atoms with Crippen LogP contribution in [-0.4, -0.2) is 23.4 Å².